The summed E-state index contributed by atoms with van der Waals surface area (Å²) in [6.07, 6.45) is 1.85. The number of ether oxygens (including phenoxy) is 1. The lowest BCUT2D eigenvalue weighted by molar-refractivity contribution is -0.142. The van der Waals surface area contributed by atoms with Crippen molar-refractivity contribution in [1.29, 1.82) is 0 Å². The third-order valence-electron chi connectivity index (χ3n) is 9.20. The number of carbonyl (C=O) groups is 5. The van der Waals surface area contributed by atoms with Gasteiger partial charge in [0.25, 0.3) is 0 Å². The maximum atomic E-state index is 14.0. The molecule has 5 amide bonds. The van der Waals surface area contributed by atoms with Gasteiger partial charge in [0.2, 0.25) is 23.6 Å². The number of amides is 5. The predicted molar refractivity (Wildman–Crippen MR) is 190 cm³/mol. The van der Waals surface area contributed by atoms with E-state index < -0.39 is 48.0 Å². The number of alkyl carbamates (subject to hydrolysis) is 1. The molecule has 50 heavy (non-hydrogen) atoms. The normalized spacial score (nSPS) is 17.1. The van der Waals surface area contributed by atoms with Crippen LogP contribution in [0, 0.1) is 0 Å². The minimum absolute atomic E-state index is 0.0928. The van der Waals surface area contributed by atoms with Crippen LogP contribution in [0.15, 0.2) is 53.5 Å². The fraction of sp³-hybridized carbons (Fsp3) is 0.500. The molecule has 1 fully saturated rings. The summed E-state index contributed by atoms with van der Waals surface area (Å²) in [4.78, 5) is 71.3. The lowest BCUT2D eigenvalue weighted by atomic mass is 9.98. The van der Waals surface area contributed by atoms with Gasteiger partial charge in [0, 0.05) is 33.1 Å². The summed E-state index contributed by atoms with van der Waals surface area (Å²) in [5, 5.41) is 13.7. The van der Waals surface area contributed by atoms with Crippen LogP contribution in [-0.2, 0) is 23.9 Å². The van der Waals surface area contributed by atoms with E-state index in [1.165, 1.54) is 11.9 Å². The minimum Gasteiger partial charge on any atom is -0.449 e. The molecule has 7 N–H and O–H groups in total. The van der Waals surface area contributed by atoms with E-state index in [4.69, 9.17) is 10.5 Å². The predicted octanol–water partition coefficient (Wildman–Crippen LogP) is 1.73. The molecular weight excluding hydrogens is 640 g/mol. The monoisotopic (exact) mass is 690 g/mol. The Morgan fingerprint density at radius 1 is 0.940 bits per heavy atom. The van der Waals surface area contributed by atoms with Gasteiger partial charge in [-0.15, -0.1) is 0 Å². The van der Waals surface area contributed by atoms with Crippen molar-refractivity contribution in [2.24, 2.45) is 10.7 Å². The number of nitrogens with one attached hydrogen (secondary N) is 5. The fourth-order valence-electron chi connectivity index (χ4n) is 6.57. The number of benzene rings is 2. The molecule has 14 nitrogen and oxygen atoms in total. The van der Waals surface area contributed by atoms with Crippen LogP contribution in [0.3, 0.4) is 0 Å². The molecule has 1 aliphatic carbocycles. The standard InChI is InChI=1S/C36H50N8O6/c1-5-12-28(43-36(49)50-21-27-25-15-8-6-13-23(25)24-14-7-9-16-26(24)27)32(46)42-29(17-10-19-40-35(37)39-4)34(48)44-20-11-18-30(44)33(47)41-22(2)31(45)38-3/h6-9,13-16,22,27-30H,5,10-12,17-21H2,1-4H3,(H,38,45)(H,41,47)(H,42,46)(H,43,49)(H3,37,39,40)/t22-,28+,29+,30-/m1/s1. The zero-order valence-corrected chi connectivity index (χ0v) is 29.3. The Labute approximate surface area is 293 Å². The molecular formula is C36H50N8O6. The second-order valence-corrected chi connectivity index (χ2v) is 12.6. The number of nitrogens with zero attached hydrogens (tertiary/aromatic N) is 2. The van der Waals surface area contributed by atoms with Crippen LogP contribution in [0.25, 0.3) is 11.1 Å². The number of fused-ring (bicyclic) bond motifs is 3. The molecule has 270 valence electrons. The lowest BCUT2D eigenvalue weighted by Crippen LogP contribution is -2.57. The number of guanidine groups is 1. The van der Waals surface area contributed by atoms with E-state index in [2.05, 4.69) is 43.7 Å². The van der Waals surface area contributed by atoms with Gasteiger partial charge in [-0.3, -0.25) is 24.2 Å². The van der Waals surface area contributed by atoms with Crippen molar-refractivity contribution in [3.8, 4) is 11.1 Å². The topological polar surface area (TPSA) is 196 Å². The zero-order valence-electron chi connectivity index (χ0n) is 29.3. The number of rotatable bonds is 15. The Morgan fingerprint density at radius 3 is 2.22 bits per heavy atom. The Morgan fingerprint density at radius 2 is 1.60 bits per heavy atom. The SMILES string of the molecule is CCC[C@H](NC(=O)OCC1c2ccccc2-c2ccccc21)C(=O)N[C@@H](CCCNC(N)=NC)C(=O)N1CCC[C@@H]1C(=O)N[C@H](C)C(=O)NC. The number of carbonyl (C=O) groups excluding carboxylic acids is 5. The van der Waals surface area contributed by atoms with E-state index in [0.717, 1.165) is 22.3 Å². The molecule has 1 saturated heterocycles. The molecule has 14 heteroatoms. The molecule has 0 radical (unpaired) electrons. The van der Waals surface area contributed by atoms with Gasteiger partial charge < -0.3 is 42.0 Å². The third kappa shape index (κ3) is 9.30. The second kappa shape index (κ2) is 18.0. The maximum absolute atomic E-state index is 14.0. The van der Waals surface area contributed by atoms with Crippen molar-refractivity contribution in [2.45, 2.75) is 82.5 Å². The van der Waals surface area contributed by atoms with Crippen LogP contribution < -0.4 is 32.3 Å². The third-order valence-corrected chi connectivity index (χ3v) is 9.20. The number of hydrogen-bond acceptors (Lipinski definition) is 7. The van der Waals surface area contributed by atoms with Gasteiger partial charge in [0.15, 0.2) is 5.96 Å². The van der Waals surface area contributed by atoms with E-state index in [1.807, 2.05) is 43.3 Å². The number of aliphatic imine (C=N–C) groups is 1. The van der Waals surface area contributed by atoms with Gasteiger partial charge in [-0.25, -0.2) is 4.79 Å². The van der Waals surface area contributed by atoms with Gasteiger partial charge in [-0.05, 0) is 61.3 Å². The van der Waals surface area contributed by atoms with Crippen LogP contribution in [0.5, 0.6) is 0 Å². The quantitative estimate of drug-likeness (QED) is 0.0923. The molecule has 1 heterocycles. The molecule has 2 aromatic carbocycles. The van der Waals surface area contributed by atoms with Crippen LogP contribution in [0.1, 0.15) is 69.4 Å². The molecule has 4 atom stereocenters. The number of likely N-dealkylation sites (N-methyl/N-ethyl adjacent to an activating group) is 1. The van der Waals surface area contributed by atoms with Gasteiger partial charge in [-0.1, -0.05) is 61.9 Å². The number of hydrogen-bond donors (Lipinski definition) is 6. The van der Waals surface area contributed by atoms with Crippen LogP contribution in [0.4, 0.5) is 4.79 Å². The van der Waals surface area contributed by atoms with E-state index in [1.54, 1.807) is 14.0 Å². The minimum atomic E-state index is -0.988. The average Bonchev–Trinajstić information content (AvgIpc) is 3.74. The summed E-state index contributed by atoms with van der Waals surface area (Å²) >= 11 is 0. The summed E-state index contributed by atoms with van der Waals surface area (Å²) in [5.74, 6) is -1.64. The first kappa shape index (κ1) is 37.7. The molecule has 0 saturated carbocycles. The molecule has 0 spiro atoms. The van der Waals surface area contributed by atoms with Gasteiger partial charge in [0.1, 0.15) is 30.8 Å². The molecule has 0 unspecified atom stereocenters. The first-order valence-electron chi connectivity index (χ1n) is 17.3. The van der Waals surface area contributed by atoms with E-state index in [9.17, 15) is 24.0 Å². The molecule has 0 aromatic heterocycles. The van der Waals surface area contributed by atoms with Crippen molar-refractivity contribution in [2.75, 3.05) is 33.8 Å². The van der Waals surface area contributed by atoms with Crippen LogP contribution in [0.2, 0.25) is 0 Å². The zero-order chi connectivity index (χ0) is 36.2. The summed E-state index contributed by atoms with van der Waals surface area (Å²) in [5.41, 5.74) is 10.1. The summed E-state index contributed by atoms with van der Waals surface area (Å²) in [7, 11) is 3.03. The summed E-state index contributed by atoms with van der Waals surface area (Å²) in [6, 6.07) is 12.5. The molecule has 4 rings (SSSR count). The van der Waals surface area contributed by atoms with E-state index >= 15 is 0 Å². The lowest BCUT2D eigenvalue weighted by Gasteiger charge is -2.30. The summed E-state index contributed by atoms with van der Waals surface area (Å²) in [6.45, 7) is 4.27. The fourth-order valence-corrected chi connectivity index (χ4v) is 6.57. The van der Waals surface area contributed by atoms with Crippen LogP contribution in [-0.4, -0.2) is 98.5 Å². The van der Waals surface area contributed by atoms with Crippen LogP contribution >= 0.6 is 0 Å². The smallest absolute Gasteiger partial charge is 0.407 e. The highest BCUT2D eigenvalue weighted by Crippen LogP contribution is 2.44. The Balaban J connectivity index is 1.43. The maximum Gasteiger partial charge on any atom is 0.407 e. The Hall–Kier alpha value is -5.14. The van der Waals surface area contributed by atoms with E-state index in [0.29, 0.717) is 45.2 Å². The molecule has 2 aliphatic rings. The van der Waals surface area contributed by atoms with Crippen molar-refractivity contribution in [3.63, 3.8) is 0 Å². The van der Waals surface area contributed by atoms with Gasteiger partial charge >= 0.3 is 6.09 Å². The Bertz CT molecular complexity index is 1520. The Kier molecular flexibility index (Phi) is 13.6. The highest BCUT2D eigenvalue weighted by Gasteiger charge is 2.39. The van der Waals surface area contributed by atoms with Crippen molar-refractivity contribution < 1.29 is 28.7 Å². The first-order valence-corrected chi connectivity index (χ1v) is 17.3. The molecule has 2 aromatic rings. The van der Waals surface area contributed by atoms with Crippen molar-refractivity contribution >= 4 is 35.7 Å². The number of likely N-dealkylation sites (tertiary alicyclic amines) is 1. The molecule has 0 bridgehead atoms. The largest absolute Gasteiger partial charge is 0.449 e. The van der Waals surface area contributed by atoms with Crippen molar-refractivity contribution in [1.82, 2.24) is 31.5 Å². The molecule has 1 aliphatic heterocycles. The summed E-state index contributed by atoms with van der Waals surface area (Å²) < 4.78 is 5.70. The highest BCUT2D eigenvalue weighted by atomic mass is 16.5. The van der Waals surface area contributed by atoms with Gasteiger partial charge in [-0.2, -0.15) is 0 Å². The first-order chi connectivity index (χ1) is 24.1. The van der Waals surface area contributed by atoms with E-state index in [-0.39, 0.29) is 30.8 Å². The second-order valence-electron chi connectivity index (χ2n) is 12.6. The number of nitrogens with two attached hydrogens (primary N) is 1. The average molecular weight is 691 g/mol. The van der Waals surface area contributed by atoms with Crippen molar-refractivity contribution in [3.05, 3.63) is 59.7 Å². The highest BCUT2D eigenvalue weighted by molar-refractivity contribution is 5.95. The van der Waals surface area contributed by atoms with Gasteiger partial charge in [0.05, 0.1) is 0 Å².